The molecule has 7 nitrogen and oxygen atoms in total. The van der Waals surface area contributed by atoms with Gasteiger partial charge in [0, 0.05) is 11.3 Å². The molecule has 1 heterocycles. The molecule has 0 bridgehead atoms. The largest absolute Gasteiger partial charge is 0.493 e. The number of nitrogens with zero attached hydrogens (tertiary/aromatic N) is 1. The average Bonchev–Trinajstić information content (AvgIpc) is 3.04. The predicted octanol–water partition coefficient (Wildman–Crippen LogP) is 2.75. The summed E-state index contributed by atoms with van der Waals surface area (Å²) in [6.45, 7) is 2.30. The number of carbonyl (C=O) groups is 1. The fourth-order valence-corrected chi connectivity index (χ4v) is 2.19. The summed E-state index contributed by atoms with van der Waals surface area (Å²) in [6, 6.07) is 14.6. The summed E-state index contributed by atoms with van der Waals surface area (Å²) >= 11 is 0. The van der Waals surface area contributed by atoms with Gasteiger partial charge in [0.25, 0.3) is 0 Å². The molecule has 0 aliphatic carbocycles. The van der Waals surface area contributed by atoms with Crippen molar-refractivity contribution in [3.8, 4) is 17.1 Å². The molecule has 0 radical (unpaired) electrons. The molecule has 0 unspecified atom stereocenters. The summed E-state index contributed by atoms with van der Waals surface area (Å²) in [7, 11) is 0. The maximum Gasteiger partial charge on any atom is 0.439 e. The van der Waals surface area contributed by atoms with Crippen LogP contribution < -0.4 is 15.8 Å². The first-order valence-electron chi connectivity index (χ1n) is 7.76. The highest BCUT2D eigenvalue weighted by atomic mass is 16.5. The first kappa shape index (κ1) is 16.5. The van der Waals surface area contributed by atoms with Gasteiger partial charge in [0.15, 0.2) is 5.82 Å². The Kier molecular flexibility index (Phi) is 4.94. The van der Waals surface area contributed by atoms with Crippen molar-refractivity contribution in [1.82, 2.24) is 10.1 Å². The standard InChI is InChI=1S/C18H17N3O4/c1-12-2-8-15(9-3-12)24-11-10-16(22)19-14-6-4-13(5-7-14)17-20-18(23)25-21-17/h2-9H,10-11H2,1H3,(H,19,22)(H,20,21,23). The number of aromatic amines is 1. The Balaban J connectivity index is 1.49. The molecule has 0 saturated heterocycles. The molecule has 1 aromatic heterocycles. The van der Waals surface area contributed by atoms with Gasteiger partial charge in [-0.15, -0.1) is 0 Å². The van der Waals surface area contributed by atoms with Crippen LogP contribution in [0.3, 0.4) is 0 Å². The smallest absolute Gasteiger partial charge is 0.439 e. The summed E-state index contributed by atoms with van der Waals surface area (Å²) in [6.07, 6.45) is 0.242. The van der Waals surface area contributed by atoms with E-state index in [1.807, 2.05) is 31.2 Å². The minimum Gasteiger partial charge on any atom is -0.493 e. The van der Waals surface area contributed by atoms with Gasteiger partial charge in [-0.1, -0.05) is 22.9 Å². The molecule has 0 atom stereocenters. The van der Waals surface area contributed by atoms with Crippen LogP contribution in [0.4, 0.5) is 5.69 Å². The zero-order valence-electron chi connectivity index (χ0n) is 13.6. The third-order valence-corrected chi connectivity index (χ3v) is 3.50. The molecule has 3 rings (SSSR count). The number of nitrogens with one attached hydrogen (secondary N) is 2. The van der Waals surface area contributed by atoms with Gasteiger partial charge in [-0.3, -0.25) is 14.3 Å². The highest BCUT2D eigenvalue weighted by molar-refractivity contribution is 5.91. The number of ether oxygens (including phenoxy) is 1. The van der Waals surface area contributed by atoms with Crippen molar-refractivity contribution in [1.29, 1.82) is 0 Å². The van der Waals surface area contributed by atoms with E-state index in [-0.39, 0.29) is 12.3 Å². The number of amides is 1. The number of hydrogen-bond acceptors (Lipinski definition) is 5. The molecule has 0 fully saturated rings. The van der Waals surface area contributed by atoms with Gasteiger partial charge in [0.1, 0.15) is 5.75 Å². The van der Waals surface area contributed by atoms with E-state index in [2.05, 4.69) is 20.0 Å². The number of carbonyl (C=O) groups excluding carboxylic acids is 1. The number of aromatic nitrogens is 2. The Bertz CT molecular complexity index is 895. The summed E-state index contributed by atoms with van der Waals surface area (Å²) in [5.41, 5.74) is 2.49. The van der Waals surface area contributed by atoms with Crippen molar-refractivity contribution in [2.75, 3.05) is 11.9 Å². The van der Waals surface area contributed by atoms with Crippen molar-refractivity contribution >= 4 is 11.6 Å². The van der Waals surface area contributed by atoms with Crippen LogP contribution in [0.5, 0.6) is 5.75 Å². The van der Waals surface area contributed by atoms with Gasteiger partial charge in [0.05, 0.1) is 13.0 Å². The van der Waals surface area contributed by atoms with E-state index in [0.29, 0.717) is 23.7 Å². The average molecular weight is 339 g/mol. The van der Waals surface area contributed by atoms with Crippen LogP contribution in [-0.2, 0) is 4.79 Å². The Hall–Kier alpha value is -3.35. The second-order valence-electron chi connectivity index (χ2n) is 5.48. The number of H-pyrrole nitrogens is 1. The maximum absolute atomic E-state index is 11.9. The summed E-state index contributed by atoms with van der Waals surface area (Å²) in [5.74, 6) is 0.328. The molecule has 0 saturated carbocycles. The molecule has 0 spiro atoms. The monoisotopic (exact) mass is 339 g/mol. The minimum absolute atomic E-state index is 0.144. The van der Waals surface area contributed by atoms with E-state index < -0.39 is 5.76 Å². The molecule has 2 N–H and O–H groups in total. The van der Waals surface area contributed by atoms with Gasteiger partial charge < -0.3 is 10.1 Å². The highest BCUT2D eigenvalue weighted by Crippen LogP contribution is 2.17. The number of anilines is 1. The van der Waals surface area contributed by atoms with Crippen molar-refractivity contribution in [3.05, 3.63) is 64.6 Å². The fourth-order valence-electron chi connectivity index (χ4n) is 2.19. The Morgan fingerprint density at radius 3 is 2.52 bits per heavy atom. The second kappa shape index (κ2) is 7.48. The Labute approximate surface area is 143 Å². The summed E-state index contributed by atoms with van der Waals surface area (Å²) in [5, 5.41) is 6.39. The van der Waals surface area contributed by atoms with Crippen LogP contribution in [0.25, 0.3) is 11.4 Å². The Morgan fingerprint density at radius 1 is 1.16 bits per heavy atom. The summed E-state index contributed by atoms with van der Waals surface area (Å²) < 4.78 is 9.99. The molecular weight excluding hydrogens is 322 g/mol. The first-order valence-corrected chi connectivity index (χ1v) is 7.76. The lowest BCUT2D eigenvalue weighted by molar-refractivity contribution is -0.116. The van der Waals surface area contributed by atoms with Gasteiger partial charge in [-0.2, -0.15) is 0 Å². The number of hydrogen-bond donors (Lipinski definition) is 2. The van der Waals surface area contributed by atoms with E-state index in [4.69, 9.17) is 4.74 Å². The van der Waals surface area contributed by atoms with Crippen molar-refractivity contribution in [2.24, 2.45) is 0 Å². The fraction of sp³-hybridized carbons (Fsp3) is 0.167. The van der Waals surface area contributed by atoms with Crippen LogP contribution in [-0.4, -0.2) is 22.7 Å². The lowest BCUT2D eigenvalue weighted by Crippen LogP contribution is -2.15. The molecule has 25 heavy (non-hydrogen) atoms. The van der Waals surface area contributed by atoms with E-state index in [1.165, 1.54) is 0 Å². The molecule has 0 aliphatic rings. The van der Waals surface area contributed by atoms with E-state index >= 15 is 0 Å². The molecule has 3 aromatic rings. The zero-order chi connectivity index (χ0) is 17.6. The van der Waals surface area contributed by atoms with Gasteiger partial charge in [-0.05, 0) is 43.3 Å². The van der Waals surface area contributed by atoms with E-state index in [9.17, 15) is 9.59 Å². The van der Waals surface area contributed by atoms with Crippen LogP contribution in [0.2, 0.25) is 0 Å². The topological polar surface area (TPSA) is 97.2 Å². The molecule has 1 amide bonds. The van der Waals surface area contributed by atoms with Crippen LogP contribution >= 0.6 is 0 Å². The zero-order valence-corrected chi connectivity index (χ0v) is 13.6. The molecule has 2 aromatic carbocycles. The van der Waals surface area contributed by atoms with Crippen LogP contribution in [0, 0.1) is 6.92 Å². The second-order valence-corrected chi connectivity index (χ2v) is 5.48. The first-order chi connectivity index (χ1) is 12.1. The number of aryl methyl sites for hydroxylation is 1. The van der Waals surface area contributed by atoms with Gasteiger partial charge >= 0.3 is 5.76 Å². The van der Waals surface area contributed by atoms with Crippen LogP contribution in [0.1, 0.15) is 12.0 Å². The van der Waals surface area contributed by atoms with Gasteiger partial charge in [0.2, 0.25) is 5.91 Å². The minimum atomic E-state index is -0.610. The lowest BCUT2D eigenvalue weighted by atomic mass is 10.2. The maximum atomic E-state index is 11.9. The molecule has 7 heteroatoms. The molecule has 128 valence electrons. The van der Waals surface area contributed by atoms with Crippen molar-refractivity contribution in [3.63, 3.8) is 0 Å². The highest BCUT2D eigenvalue weighted by Gasteiger charge is 2.06. The number of benzene rings is 2. The third kappa shape index (κ3) is 4.57. The molecule has 0 aliphatic heterocycles. The number of rotatable bonds is 6. The Morgan fingerprint density at radius 2 is 1.88 bits per heavy atom. The quantitative estimate of drug-likeness (QED) is 0.720. The van der Waals surface area contributed by atoms with E-state index in [0.717, 1.165) is 11.3 Å². The van der Waals surface area contributed by atoms with Crippen molar-refractivity contribution < 1.29 is 14.1 Å². The van der Waals surface area contributed by atoms with E-state index in [1.54, 1.807) is 24.3 Å². The lowest BCUT2D eigenvalue weighted by Gasteiger charge is -2.08. The van der Waals surface area contributed by atoms with Crippen LogP contribution in [0.15, 0.2) is 57.8 Å². The summed E-state index contributed by atoms with van der Waals surface area (Å²) in [4.78, 5) is 25.4. The SMILES string of the molecule is Cc1ccc(OCCC(=O)Nc2ccc(-c3noc(=O)[nH]3)cc2)cc1. The van der Waals surface area contributed by atoms with Crippen molar-refractivity contribution in [2.45, 2.75) is 13.3 Å². The third-order valence-electron chi connectivity index (χ3n) is 3.50. The molecular formula is C18H17N3O4. The van der Waals surface area contributed by atoms with Gasteiger partial charge in [-0.25, -0.2) is 4.79 Å². The predicted molar refractivity (Wildman–Crippen MR) is 92.5 cm³/mol. The normalized spacial score (nSPS) is 10.4.